The van der Waals surface area contributed by atoms with Crippen molar-refractivity contribution in [3.63, 3.8) is 0 Å². The highest BCUT2D eigenvalue weighted by Crippen LogP contribution is 2.02. The van der Waals surface area contributed by atoms with E-state index in [1.54, 1.807) is 6.26 Å². The summed E-state index contributed by atoms with van der Waals surface area (Å²) in [5.41, 5.74) is 5.24. The predicted octanol–water partition coefficient (Wildman–Crippen LogP) is -1.24. The van der Waals surface area contributed by atoms with Crippen LogP contribution in [0.4, 0.5) is 5.82 Å². The summed E-state index contributed by atoms with van der Waals surface area (Å²) in [7, 11) is -0.940. The first-order chi connectivity index (χ1) is 6.61. The first-order valence-corrected chi connectivity index (χ1v) is 5.50. The number of anilines is 1. The number of carbonyl (C=O) groups is 1. The van der Waals surface area contributed by atoms with E-state index in [1.165, 1.54) is 0 Å². The first kappa shape index (κ1) is 10.6. The summed E-state index contributed by atoms with van der Waals surface area (Å²) in [6.07, 6.45) is 1.55. The molecule has 0 aromatic carbocycles. The monoisotopic (exact) mass is 218 g/mol. The highest BCUT2D eigenvalue weighted by atomic mass is 32.2. The number of rotatable bonds is 4. The van der Waals surface area contributed by atoms with Crippen LogP contribution in [0.2, 0.25) is 0 Å². The molecule has 0 bridgehead atoms. The molecule has 14 heavy (non-hydrogen) atoms. The van der Waals surface area contributed by atoms with Crippen LogP contribution in [0.5, 0.6) is 0 Å². The van der Waals surface area contributed by atoms with Crippen molar-refractivity contribution >= 4 is 22.5 Å². The molecule has 0 spiro atoms. The highest BCUT2D eigenvalue weighted by Gasteiger charge is 2.14. The van der Waals surface area contributed by atoms with Gasteiger partial charge in [0.05, 0.1) is 0 Å². The quantitative estimate of drug-likeness (QED) is 0.653. The van der Waals surface area contributed by atoms with E-state index in [9.17, 15) is 9.00 Å². The van der Waals surface area contributed by atoms with Crippen LogP contribution in [0, 0.1) is 0 Å². The summed E-state index contributed by atoms with van der Waals surface area (Å²) in [5.74, 6) is -0.147. The molecule has 0 radical (unpaired) electrons. The van der Waals surface area contributed by atoms with E-state index in [0.29, 0.717) is 12.3 Å². The Bertz CT molecular complexity index is 351. The molecule has 0 saturated heterocycles. The number of hydrogen-bond donors (Lipinski definition) is 2. The minimum absolute atomic E-state index is 0.0492. The second-order valence-electron chi connectivity index (χ2n) is 2.53. The van der Waals surface area contributed by atoms with E-state index in [-0.39, 0.29) is 11.5 Å². The van der Waals surface area contributed by atoms with Gasteiger partial charge in [-0.3, -0.25) is 9.00 Å². The molecule has 7 nitrogen and oxygen atoms in total. The van der Waals surface area contributed by atoms with Gasteiger partial charge in [-0.2, -0.15) is 0 Å². The number of carbonyl (C=O) groups excluding carboxylic acids is 1. The Morgan fingerprint density at radius 2 is 2.36 bits per heavy atom. The fraction of sp³-hybridized carbons (Fsp3) is 0.500. The smallest absolute Gasteiger partial charge is 0.277 e. The van der Waals surface area contributed by atoms with Crippen molar-refractivity contribution in [3.8, 4) is 0 Å². The van der Waals surface area contributed by atoms with Gasteiger partial charge in [-0.15, -0.1) is 0 Å². The summed E-state index contributed by atoms with van der Waals surface area (Å²) in [6.45, 7) is 0.300. The van der Waals surface area contributed by atoms with Crippen LogP contribution in [0.3, 0.4) is 0 Å². The third kappa shape index (κ3) is 2.80. The van der Waals surface area contributed by atoms with E-state index < -0.39 is 16.7 Å². The number of hydrogen-bond acceptors (Lipinski definition) is 6. The van der Waals surface area contributed by atoms with Crippen molar-refractivity contribution in [2.45, 2.75) is 0 Å². The average Bonchev–Trinajstić information content (AvgIpc) is 2.50. The number of nitrogens with one attached hydrogen (secondary N) is 1. The largest absolute Gasteiger partial charge is 0.379 e. The van der Waals surface area contributed by atoms with Crippen molar-refractivity contribution in [1.29, 1.82) is 0 Å². The summed E-state index contributed by atoms with van der Waals surface area (Å²) < 4.78 is 14.9. The fourth-order valence-corrected chi connectivity index (χ4v) is 1.13. The molecule has 1 heterocycles. The lowest BCUT2D eigenvalue weighted by Gasteiger charge is -1.99. The standard InChI is InChI=1S/C6H10N4O3S/c1-14(12)3-2-8-6(11)4-5(7)10-13-9-4/h2-3H2,1H3,(H2,7,10)(H,8,11). The third-order valence-electron chi connectivity index (χ3n) is 1.40. The third-order valence-corrected chi connectivity index (χ3v) is 2.18. The maximum absolute atomic E-state index is 11.3. The zero-order valence-electron chi connectivity index (χ0n) is 7.52. The molecule has 1 atom stereocenters. The van der Waals surface area contributed by atoms with Crippen LogP contribution >= 0.6 is 0 Å². The Kier molecular flexibility index (Phi) is 3.57. The van der Waals surface area contributed by atoms with Gasteiger partial charge in [0.1, 0.15) is 0 Å². The van der Waals surface area contributed by atoms with Crippen LogP contribution in [0.25, 0.3) is 0 Å². The summed E-state index contributed by atoms with van der Waals surface area (Å²) in [5, 5.41) is 9.05. The topological polar surface area (TPSA) is 111 Å². The van der Waals surface area contributed by atoms with E-state index >= 15 is 0 Å². The molecule has 1 aromatic rings. The summed E-state index contributed by atoms with van der Waals surface area (Å²) in [6, 6.07) is 0. The van der Waals surface area contributed by atoms with Gasteiger partial charge in [0, 0.05) is 29.4 Å². The minimum atomic E-state index is -0.940. The first-order valence-electron chi connectivity index (χ1n) is 3.77. The Hall–Kier alpha value is -1.44. The number of nitrogens with zero attached hydrogens (tertiary/aromatic N) is 2. The molecule has 0 fully saturated rings. The van der Waals surface area contributed by atoms with Crippen molar-refractivity contribution in [2.24, 2.45) is 0 Å². The Morgan fingerprint density at radius 3 is 2.86 bits per heavy atom. The summed E-state index contributed by atoms with van der Waals surface area (Å²) in [4.78, 5) is 11.3. The normalized spacial score (nSPS) is 12.4. The van der Waals surface area contributed by atoms with Crippen molar-refractivity contribution in [3.05, 3.63) is 5.69 Å². The van der Waals surface area contributed by atoms with Gasteiger partial charge in [-0.1, -0.05) is 0 Å². The zero-order chi connectivity index (χ0) is 10.6. The molecule has 0 aliphatic heterocycles. The van der Waals surface area contributed by atoms with Gasteiger partial charge in [0.25, 0.3) is 5.91 Å². The van der Waals surface area contributed by atoms with Gasteiger partial charge < -0.3 is 11.1 Å². The molecule has 8 heteroatoms. The van der Waals surface area contributed by atoms with Crippen LogP contribution in [0.15, 0.2) is 4.63 Å². The van der Waals surface area contributed by atoms with Gasteiger partial charge in [0.15, 0.2) is 0 Å². The van der Waals surface area contributed by atoms with Crippen LogP contribution < -0.4 is 11.1 Å². The van der Waals surface area contributed by atoms with E-state index in [1.807, 2.05) is 0 Å². The van der Waals surface area contributed by atoms with Crippen LogP contribution in [-0.4, -0.2) is 39.0 Å². The lowest BCUT2D eigenvalue weighted by molar-refractivity contribution is 0.0947. The molecule has 0 aliphatic rings. The number of aromatic nitrogens is 2. The predicted molar refractivity (Wildman–Crippen MR) is 50.0 cm³/mol. The molecule has 3 N–H and O–H groups in total. The van der Waals surface area contributed by atoms with Crippen molar-refractivity contribution < 1.29 is 13.6 Å². The second-order valence-corrected chi connectivity index (χ2v) is 4.09. The van der Waals surface area contributed by atoms with E-state index in [2.05, 4.69) is 20.3 Å². The van der Waals surface area contributed by atoms with E-state index in [0.717, 1.165) is 0 Å². The number of amides is 1. The van der Waals surface area contributed by atoms with Gasteiger partial charge in [-0.25, -0.2) is 4.63 Å². The maximum Gasteiger partial charge on any atom is 0.277 e. The molecule has 1 amide bonds. The summed E-state index contributed by atoms with van der Waals surface area (Å²) >= 11 is 0. The number of nitrogens with two attached hydrogens (primary N) is 1. The molecule has 1 rings (SSSR count). The lowest BCUT2D eigenvalue weighted by atomic mass is 10.4. The van der Waals surface area contributed by atoms with Gasteiger partial charge >= 0.3 is 0 Å². The van der Waals surface area contributed by atoms with Gasteiger partial charge in [0.2, 0.25) is 11.5 Å². The second kappa shape index (κ2) is 4.70. The molecule has 0 aliphatic carbocycles. The molecular formula is C6H10N4O3S. The molecule has 1 aromatic heterocycles. The molecular weight excluding hydrogens is 208 g/mol. The lowest BCUT2D eigenvalue weighted by Crippen LogP contribution is -2.28. The molecule has 1 unspecified atom stereocenters. The molecule has 78 valence electrons. The zero-order valence-corrected chi connectivity index (χ0v) is 8.34. The molecule has 0 saturated carbocycles. The Labute approximate surface area is 82.5 Å². The van der Waals surface area contributed by atoms with E-state index in [4.69, 9.17) is 5.73 Å². The fourth-order valence-electron chi connectivity index (χ4n) is 0.745. The Balaban J connectivity index is 2.44. The van der Waals surface area contributed by atoms with Gasteiger partial charge in [-0.05, 0) is 10.3 Å². The Morgan fingerprint density at radius 1 is 1.64 bits per heavy atom. The maximum atomic E-state index is 11.3. The average molecular weight is 218 g/mol. The van der Waals surface area contributed by atoms with Crippen LogP contribution in [-0.2, 0) is 10.8 Å². The van der Waals surface area contributed by atoms with Crippen LogP contribution in [0.1, 0.15) is 10.5 Å². The van der Waals surface area contributed by atoms with Crippen molar-refractivity contribution in [2.75, 3.05) is 24.3 Å². The number of nitrogen functional groups attached to an aromatic ring is 1. The minimum Gasteiger partial charge on any atom is -0.379 e. The highest BCUT2D eigenvalue weighted by molar-refractivity contribution is 7.84. The SMILES string of the molecule is CS(=O)CCNC(=O)c1nonc1N. The van der Waals surface area contributed by atoms with Crippen molar-refractivity contribution in [1.82, 2.24) is 15.6 Å².